The quantitative estimate of drug-likeness (QED) is 0.735. The highest BCUT2D eigenvalue weighted by molar-refractivity contribution is 5.82. The van der Waals surface area contributed by atoms with Gasteiger partial charge in [-0.3, -0.25) is 4.68 Å². The van der Waals surface area contributed by atoms with Crippen molar-refractivity contribution in [3.05, 3.63) is 24.4 Å². The fraction of sp³-hybridized carbons (Fsp3) is 0.286. The maximum Gasteiger partial charge on any atom is 0.163 e. The second kappa shape index (κ2) is 4.26. The second-order valence-corrected chi connectivity index (χ2v) is 4.83. The van der Waals surface area contributed by atoms with Gasteiger partial charge in [0.2, 0.25) is 0 Å². The molecule has 2 aromatic heterocycles. The fourth-order valence-electron chi connectivity index (χ4n) is 2.33. The molecule has 0 radical (unpaired) electrons. The topological polar surface area (TPSA) is 65.0 Å². The van der Waals surface area contributed by atoms with E-state index in [1.165, 1.54) is 0 Å². The number of imidazole rings is 1. The Morgan fingerprint density at radius 3 is 2.75 bits per heavy atom. The predicted molar refractivity (Wildman–Crippen MR) is 73.9 cm³/mol. The number of aromatic amines is 1. The molecule has 1 aliphatic heterocycles. The molecule has 3 heterocycles. The molecule has 102 valence electrons. The molecular weight excluding hydrogens is 256 g/mol. The van der Waals surface area contributed by atoms with Crippen molar-refractivity contribution in [3.8, 4) is 23.0 Å². The van der Waals surface area contributed by atoms with E-state index >= 15 is 0 Å². The average Bonchev–Trinajstić information content (AvgIpc) is 2.97. The molecule has 0 atom stereocenters. The van der Waals surface area contributed by atoms with Crippen LogP contribution in [-0.2, 0) is 7.05 Å². The first kappa shape index (κ1) is 11.3. The molecule has 4 rings (SSSR count). The lowest BCUT2D eigenvalue weighted by Crippen LogP contribution is -1.97. The Morgan fingerprint density at radius 2 is 2.00 bits per heavy atom. The summed E-state index contributed by atoms with van der Waals surface area (Å²) in [4.78, 5) is 7.84. The van der Waals surface area contributed by atoms with Crippen LogP contribution >= 0.6 is 0 Å². The molecule has 0 bridgehead atoms. The van der Waals surface area contributed by atoms with Crippen LogP contribution in [0.4, 0.5) is 0 Å². The molecular formula is C14H14N4O2. The second-order valence-electron chi connectivity index (χ2n) is 4.83. The van der Waals surface area contributed by atoms with Crippen molar-refractivity contribution in [2.75, 3.05) is 13.2 Å². The van der Waals surface area contributed by atoms with Gasteiger partial charge in [-0.1, -0.05) is 0 Å². The number of aryl methyl sites for hydroxylation is 1. The molecule has 0 amide bonds. The zero-order valence-electron chi connectivity index (χ0n) is 11.1. The summed E-state index contributed by atoms with van der Waals surface area (Å²) >= 11 is 0. The van der Waals surface area contributed by atoms with E-state index < -0.39 is 0 Å². The monoisotopic (exact) mass is 270 g/mol. The van der Waals surface area contributed by atoms with Gasteiger partial charge >= 0.3 is 0 Å². The predicted octanol–water partition coefficient (Wildman–Crippen LogP) is 2.12. The van der Waals surface area contributed by atoms with Gasteiger partial charge in [-0.15, -0.1) is 0 Å². The third-order valence-electron chi connectivity index (χ3n) is 3.31. The summed E-state index contributed by atoms with van der Waals surface area (Å²) < 4.78 is 13.1. The number of hydrogen-bond acceptors (Lipinski definition) is 4. The van der Waals surface area contributed by atoms with Crippen LogP contribution in [0.2, 0.25) is 0 Å². The Morgan fingerprint density at radius 1 is 1.20 bits per heavy atom. The normalized spacial score (nSPS) is 14.4. The highest BCUT2D eigenvalue weighted by Crippen LogP contribution is 2.34. The molecule has 0 saturated heterocycles. The van der Waals surface area contributed by atoms with Crippen molar-refractivity contribution in [2.45, 2.75) is 6.42 Å². The van der Waals surface area contributed by atoms with Gasteiger partial charge in [-0.2, -0.15) is 5.10 Å². The van der Waals surface area contributed by atoms with Gasteiger partial charge in [0.15, 0.2) is 17.3 Å². The molecule has 0 spiro atoms. The van der Waals surface area contributed by atoms with Crippen molar-refractivity contribution in [1.29, 1.82) is 0 Å². The van der Waals surface area contributed by atoms with Gasteiger partial charge in [0, 0.05) is 31.8 Å². The number of benzene rings is 1. The first-order valence-corrected chi connectivity index (χ1v) is 6.59. The first-order valence-electron chi connectivity index (χ1n) is 6.59. The number of ether oxygens (including phenoxy) is 2. The largest absolute Gasteiger partial charge is 0.489 e. The molecule has 1 N–H and O–H groups in total. The lowest BCUT2D eigenvalue weighted by Gasteiger charge is -2.05. The van der Waals surface area contributed by atoms with E-state index in [4.69, 9.17) is 9.47 Å². The maximum absolute atomic E-state index is 5.68. The van der Waals surface area contributed by atoms with E-state index in [1.807, 2.05) is 31.4 Å². The minimum absolute atomic E-state index is 0.677. The van der Waals surface area contributed by atoms with Crippen molar-refractivity contribution in [1.82, 2.24) is 19.7 Å². The minimum atomic E-state index is 0.677. The molecule has 6 nitrogen and oxygen atoms in total. The zero-order valence-corrected chi connectivity index (χ0v) is 11.1. The fourth-order valence-corrected chi connectivity index (χ4v) is 2.33. The summed E-state index contributed by atoms with van der Waals surface area (Å²) in [6.07, 6.45) is 2.79. The van der Waals surface area contributed by atoms with Gasteiger partial charge in [0.25, 0.3) is 0 Å². The SMILES string of the molecule is Cn1ccc(-c2nc3cc4c(cc3[nH]2)OCCCO4)n1. The summed E-state index contributed by atoms with van der Waals surface area (Å²) in [7, 11) is 1.88. The molecule has 20 heavy (non-hydrogen) atoms. The Labute approximate surface area is 115 Å². The third kappa shape index (κ3) is 1.80. The molecule has 0 unspecified atom stereocenters. The average molecular weight is 270 g/mol. The van der Waals surface area contributed by atoms with Crippen molar-refractivity contribution in [2.24, 2.45) is 7.05 Å². The van der Waals surface area contributed by atoms with Crippen LogP contribution in [0.5, 0.6) is 11.5 Å². The Balaban J connectivity index is 1.83. The number of aromatic nitrogens is 4. The van der Waals surface area contributed by atoms with Crippen LogP contribution in [0.1, 0.15) is 6.42 Å². The third-order valence-corrected chi connectivity index (χ3v) is 3.31. The standard InChI is InChI=1S/C14H14N4O2/c1-18-4-3-9(17-18)14-15-10-7-12-13(8-11(10)16-14)20-6-2-5-19-12/h3-4,7-8H,2,5-6H2,1H3,(H,15,16). The van der Waals surface area contributed by atoms with E-state index in [-0.39, 0.29) is 0 Å². The maximum atomic E-state index is 5.68. The Hall–Kier alpha value is -2.50. The van der Waals surface area contributed by atoms with Gasteiger partial charge in [0.05, 0.1) is 24.2 Å². The lowest BCUT2D eigenvalue weighted by atomic mass is 10.3. The minimum Gasteiger partial charge on any atom is -0.489 e. The molecule has 0 fully saturated rings. The van der Waals surface area contributed by atoms with Crippen LogP contribution in [0.25, 0.3) is 22.6 Å². The molecule has 3 aromatic rings. The zero-order chi connectivity index (χ0) is 13.5. The van der Waals surface area contributed by atoms with Crippen LogP contribution < -0.4 is 9.47 Å². The number of rotatable bonds is 1. The summed E-state index contributed by atoms with van der Waals surface area (Å²) in [5.41, 5.74) is 2.60. The number of H-pyrrole nitrogens is 1. The highest BCUT2D eigenvalue weighted by Gasteiger charge is 2.15. The first-order chi connectivity index (χ1) is 9.79. The summed E-state index contributed by atoms with van der Waals surface area (Å²) in [5, 5.41) is 4.35. The molecule has 6 heteroatoms. The van der Waals surface area contributed by atoms with E-state index in [0.29, 0.717) is 13.2 Å². The lowest BCUT2D eigenvalue weighted by molar-refractivity contribution is 0.297. The van der Waals surface area contributed by atoms with Crippen molar-refractivity contribution in [3.63, 3.8) is 0 Å². The number of nitrogens with zero attached hydrogens (tertiary/aromatic N) is 3. The van der Waals surface area contributed by atoms with Crippen LogP contribution in [0, 0.1) is 0 Å². The van der Waals surface area contributed by atoms with Crippen molar-refractivity contribution >= 4 is 11.0 Å². The Kier molecular flexibility index (Phi) is 2.42. The van der Waals surface area contributed by atoms with Crippen LogP contribution in [-0.4, -0.2) is 33.0 Å². The summed E-state index contributed by atoms with van der Waals surface area (Å²) in [5.74, 6) is 2.28. The summed E-state index contributed by atoms with van der Waals surface area (Å²) in [6.45, 7) is 1.36. The van der Waals surface area contributed by atoms with Gasteiger partial charge in [0.1, 0.15) is 5.69 Å². The van der Waals surface area contributed by atoms with Crippen molar-refractivity contribution < 1.29 is 9.47 Å². The number of fused-ring (bicyclic) bond motifs is 2. The highest BCUT2D eigenvalue weighted by atomic mass is 16.5. The van der Waals surface area contributed by atoms with Gasteiger partial charge in [-0.05, 0) is 6.07 Å². The van der Waals surface area contributed by atoms with E-state index in [0.717, 1.165) is 40.5 Å². The summed E-state index contributed by atoms with van der Waals surface area (Å²) in [6, 6.07) is 5.78. The number of nitrogens with one attached hydrogen (secondary N) is 1. The van der Waals surface area contributed by atoms with E-state index in [2.05, 4.69) is 15.1 Å². The molecule has 0 saturated carbocycles. The van der Waals surface area contributed by atoms with Gasteiger partial charge < -0.3 is 14.5 Å². The Bertz CT molecular complexity index is 732. The van der Waals surface area contributed by atoms with Crippen LogP contribution in [0.15, 0.2) is 24.4 Å². The smallest absolute Gasteiger partial charge is 0.163 e. The van der Waals surface area contributed by atoms with E-state index in [1.54, 1.807) is 4.68 Å². The molecule has 1 aliphatic rings. The molecule has 0 aliphatic carbocycles. The van der Waals surface area contributed by atoms with E-state index in [9.17, 15) is 0 Å². The van der Waals surface area contributed by atoms with Gasteiger partial charge in [-0.25, -0.2) is 4.98 Å². The molecule has 1 aromatic carbocycles. The number of hydrogen-bond donors (Lipinski definition) is 1. The van der Waals surface area contributed by atoms with Crippen LogP contribution in [0.3, 0.4) is 0 Å².